The Morgan fingerprint density at radius 2 is 1.81 bits per heavy atom. The molecule has 1 aromatic rings. The lowest BCUT2D eigenvalue weighted by Crippen LogP contribution is -2.47. The Morgan fingerprint density at radius 3 is 2.52 bits per heavy atom. The van der Waals surface area contributed by atoms with E-state index in [1.807, 2.05) is 4.90 Å². The molecular weight excluding hydrogens is 392 g/mol. The molecule has 4 heterocycles. The maximum absolute atomic E-state index is 12.6. The molecule has 3 aliphatic heterocycles. The summed E-state index contributed by atoms with van der Waals surface area (Å²) in [5, 5.41) is 0.908. The number of amides is 1. The molecule has 10 heteroatoms. The molecule has 1 amide bonds. The van der Waals surface area contributed by atoms with Crippen LogP contribution in [-0.2, 0) is 19.0 Å². The fraction of sp³-hybridized carbons (Fsp3) is 0.706. The van der Waals surface area contributed by atoms with Crippen LogP contribution in [0.15, 0.2) is 11.2 Å². The van der Waals surface area contributed by atoms with Gasteiger partial charge >= 0.3 is 0 Å². The summed E-state index contributed by atoms with van der Waals surface area (Å²) in [4.78, 5) is 25.3. The third kappa shape index (κ3) is 4.65. The first-order valence-electron chi connectivity index (χ1n) is 9.19. The van der Waals surface area contributed by atoms with Crippen molar-refractivity contribution in [3.05, 3.63) is 11.2 Å². The van der Waals surface area contributed by atoms with Crippen LogP contribution in [0.3, 0.4) is 0 Å². The smallest absolute Gasteiger partial charge is 0.233 e. The van der Waals surface area contributed by atoms with Gasteiger partial charge < -0.3 is 24.0 Å². The Balaban J connectivity index is 1.31. The van der Waals surface area contributed by atoms with Gasteiger partial charge in [-0.3, -0.25) is 4.79 Å². The SMILES string of the molecule is O=C(CSc1nc(Cl)cc(N2CCOCC2)n1)N1CCC2(CC1)OCCO2. The summed E-state index contributed by atoms with van der Waals surface area (Å²) in [6.45, 7) is 5.47. The van der Waals surface area contributed by atoms with E-state index in [2.05, 4.69) is 14.9 Å². The Bertz CT molecular complexity index is 673. The van der Waals surface area contributed by atoms with Crippen molar-refractivity contribution in [3.63, 3.8) is 0 Å². The first kappa shape index (κ1) is 19.2. The molecule has 3 saturated heterocycles. The first-order chi connectivity index (χ1) is 13.1. The van der Waals surface area contributed by atoms with E-state index < -0.39 is 5.79 Å². The van der Waals surface area contributed by atoms with Crippen molar-refractivity contribution in [2.75, 3.05) is 63.3 Å². The van der Waals surface area contributed by atoms with Crippen LogP contribution in [0.5, 0.6) is 0 Å². The maximum Gasteiger partial charge on any atom is 0.233 e. The molecule has 0 atom stereocenters. The molecule has 8 nitrogen and oxygen atoms in total. The number of rotatable bonds is 4. The highest BCUT2D eigenvalue weighted by atomic mass is 35.5. The standard InChI is InChI=1S/C17H23ClN4O4S/c18-13-11-14(21-5-7-24-8-6-21)20-16(19-13)27-12-15(23)22-3-1-17(2-4-22)25-9-10-26-17/h11H,1-10,12H2. The Hall–Kier alpha value is -1.13. The van der Waals surface area contributed by atoms with E-state index in [1.54, 1.807) is 6.07 Å². The molecule has 0 radical (unpaired) electrons. The minimum atomic E-state index is -0.465. The van der Waals surface area contributed by atoms with Crippen LogP contribution < -0.4 is 4.90 Å². The Labute approximate surface area is 167 Å². The van der Waals surface area contributed by atoms with Gasteiger partial charge in [-0.25, -0.2) is 9.97 Å². The van der Waals surface area contributed by atoms with Crippen LogP contribution >= 0.6 is 23.4 Å². The second-order valence-corrected chi connectivity index (χ2v) is 8.04. The molecule has 0 aliphatic carbocycles. The van der Waals surface area contributed by atoms with E-state index in [4.69, 9.17) is 25.8 Å². The van der Waals surface area contributed by atoms with Gasteiger partial charge in [-0.1, -0.05) is 23.4 Å². The number of ether oxygens (including phenoxy) is 3. The number of nitrogens with zero attached hydrogens (tertiary/aromatic N) is 4. The van der Waals surface area contributed by atoms with E-state index in [0.29, 0.717) is 49.8 Å². The number of aromatic nitrogens is 2. The molecule has 1 aromatic heterocycles. The average molecular weight is 415 g/mol. The van der Waals surface area contributed by atoms with Gasteiger partial charge in [0.25, 0.3) is 0 Å². The van der Waals surface area contributed by atoms with Crippen molar-refractivity contribution in [2.45, 2.75) is 23.8 Å². The number of piperidine rings is 1. The lowest BCUT2D eigenvalue weighted by Gasteiger charge is -2.37. The van der Waals surface area contributed by atoms with Crippen LogP contribution in [0.1, 0.15) is 12.8 Å². The molecule has 0 N–H and O–H groups in total. The molecule has 27 heavy (non-hydrogen) atoms. The number of thioether (sulfide) groups is 1. The lowest BCUT2D eigenvalue weighted by molar-refractivity contribution is -0.186. The summed E-state index contributed by atoms with van der Waals surface area (Å²) in [7, 11) is 0. The highest BCUT2D eigenvalue weighted by Gasteiger charge is 2.40. The number of hydrogen-bond donors (Lipinski definition) is 0. The normalized spacial score (nSPS) is 22.4. The van der Waals surface area contributed by atoms with Gasteiger partial charge in [-0.05, 0) is 0 Å². The maximum atomic E-state index is 12.6. The molecule has 3 fully saturated rings. The van der Waals surface area contributed by atoms with Gasteiger partial charge in [-0.2, -0.15) is 0 Å². The van der Waals surface area contributed by atoms with Gasteiger partial charge in [0.15, 0.2) is 10.9 Å². The van der Waals surface area contributed by atoms with E-state index in [1.165, 1.54) is 11.8 Å². The number of likely N-dealkylation sites (tertiary alicyclic amines) is 1. The predicted molar refractivity (Wildman–Crippen MR) is 101 cm³/mol. The van der Waals surface area contributed by atoms with Crippen LogP contribution in [0.2, 0.25) is 5.15 Å². The van der Waals surface area contributed by atoms with E-state index in [9.17, 15) is 4.79 Å². The van der Waals surface area contributed by atoms with Gasteiger partial charge in [0.2, 0.25) is 5.91 Å². The topological polar surface area (TPSA) is 77.0 Å². The fourth-order valence-electron chi connectivity index (χ4n) is 3.50. The monoisotopic (exact) mass is 414 g/mol. The van der Waals surface area contributed by atoms with Crippen molar-refractivity contribution < 1.29 is 19.0 Å². The van der Waals surface area contributed by atoms with Gasteiger partial charge in [0.05, 0.1) is 32.2 Å². The van der Waals surface area contributed by atoms with E-state index in [-0.39, 0.29) is 11.7 Å². The molecular formula is C17H23ClN4O4S. The minimum absolute atomic E-state index is 0.0735. The number of carbonyl (C=O) groups is 1. The van der Waals surface area contributed by atoms with Gasteiger partial charge in [-0.15, -0.1) is 0 Å². The third-order valence-corrected chi connectivity index (χ3v) is 6.04. The molecule has 0 unspecified atom stereocenters. The third-order valence-electron chi connectivity index (χ3n) is 5.01. The second-order valence-electron chi connectivity index (χ2n) is 6.71. The average Bonchev–Trinajstić information content (AvgIpc) is 3.15. The van der Waals surface area contributed by atoms with Crippen molar-refractivity contribution in [3.8, 4) is 0 Å². The Kier molecular flexibility index (Phi) is 6.03. The van der Waals surface area contributed by atoms with Crippen LogP contribution in [0, 0.1) is 0 Å². The zero-order valence-electron chi connectivity index (χ0n) is 15.1. The number of halogens is 1. The van der Waals surface area contributed by atoms with Crippen LogP contribution in [0.25, 0.3) is 0 Å². The van der Waals surface area contributed by atoms with Crippen molar-refractivity contribution in [1.82, 2.24) is 14.9 Å². The minimum Gasteiger partial charge on any atom is -0.378 e. The number of hydrogen-bond acceptors (Lipinski definition) is 8. The largest absolute Gasteiger partial charge is 0.378 e. The first-order valence-corrected chi connectivity index (χ1v) is 10.6. The predicted octanol–water partition coefficient (Wildman–Crippen LogP) is 1.42. The summed E-state index contributed by atoms with van der Waals surface area (Å²) in [6, 6.07) is 1.75. The molecule has 1 spiro atoms. The zero-order chi connectivity index (χ0) is 18.7. The highest BCUT2D eigenvalue weighted by molar-refractivity contribution is 7.99. The van der Waals surface area contributed by atoms with Gasteiger partial charge in [0, 0.05) is 45.1 Å². The summed E-state index contributed by atoms with van der Waals surface area (Å²) >= 11 is 7.48. The zero-order valence-corrected chi connectivity index (χ0v) is 16.6. The number of morpholine rings is 1. The summed E-state index contributed by atoms with van der Waals surface area (Å²) in [5.74, 6) is 0.679. The number of anilines is 1. The molecule has 0 bridgehead atoms. The van der Waals surface area contributed by atoms with Crippen molar-refractivity contribution in [2.24, 2.45) is 0 Å². The van der Waals surface area contributed by atoms with Crippen LogP contribution in [0.4, 0.5) is 5.82 Å². The van der Waals surface area contributed by atoms with Crippen molar-refractivity contribution >= 4 is 35.1 Å². The van der Waals surface area contributed by atoms with Gasteiger partial charge in [0.1, 0.15) is 11.0 Å². The summed E-state index contributed by atoms with van der Waals surface area (Å²) in [6.07, 6.45) is 1.44. The molecule has 148 valence electrons. The summed E-state index contributed by atoms with van der Waals surface area (Å²) in [5.41, 5.74) is 0. The molecule has 3 aliphatic rings. The van der Waals surface area contributed by atoms with Crippen molar-refractivity contribution in [1.29, 1.82) is 0 Å². The van der Waals surface area contributed by atoms with Crippen LogP contribution in [-0.4, -0.2) is 84.9 Å². The Morgan fingerprint density at radius 1 is 1.11 bits per heavy atom. The van der Waals surface area contributed by atoms with E-state index >= 15 is 0 Å². The quantitative estimate of drug-likeness (QED) is 0.416. The highest BCUT2D eigenvalue weighted by Crippen LogP contribution is 2.31. The second kappa shape index (κ2) is 8.48. The number of carbonyl (C=O) groups excluding carboxylic acids is 1. The fourth-order valence-corrected chi connectivity index (χ4v) is 4.49. The van der Waals surface area contributed by atoms with E-state index in [0.717, 1.165) is 31.7 Å². The molecule has 4 rings (SSSR count). The summed E-state index contributed by atoms with van der Waals surface area (Å²) < 4.78 is 16.8. The lowest BCUT2D eigenvalue weighted by atomic mass is 10.0. The molecule has 0 aromatic carbocycles. The molecule has 0 saturated carbocycles.